The van der Waals surface area contributed by atoms with Gasteiger partial charge in [-0.2, -0.15) is 5.06 Å². The van der Waals surface area contributed by atoms with Gasteiger partial charge in [0.1, 0.15) is 23.6 Å². The molecule has 8 nitrogen and oxygen atoms in total. The molecule has 1 unspecified atom stereocenters. The topological polar surface area (TPSA) is 100 Å². The summed E-state index contributed by atoms with van der Waals surface area (Å²) < 4.78 is 11.3. The number of hydrogen-bond acceptors (Lipinski definition) is 7. The molecule has 1 amide bonds. The first-order valence-corrected chi connectivity index (χ1v) is 14.4. The summed E-state index contributed by atoms with van der Waals surface area (Å²) in [6.45, 7) is 8.54. The highest BCUT2D eigenvalue weighted by molar-refractivity contribution is 5.83. The van der Waals surface area contributed by atoms with E-state index in [1.165, 1.54) is 6.42 Å². The van der Waals surface area contributed by atoms with E-state index >= 15 is 0 Å². The first-order chi connectivity index (χ1) is 19.1. The number of hydroxylamine groups is 2. The molecule has 3 aliphatic carbocycles. The lowest BCUT2D eigenvalue weighted by Crippen LogP contribution is -2.62. The van der Waals surface area contributed by atoms with E-state index in [-0.39, 0.29) is 25.1 Å². The van der Waals surface area contributed by atoms with Crippen molar-refractivity contribution in [3.63, 3.8) is 0 Å². The van der Waals surface area contributed by atoms with Crippen LogP contribution >= 0.6 is 0 Å². The molecule has 3 N–H and O–H groups in total. The van der Waals surface area contributed by atoms with Crippen molar-refractivity contribution < 1.29 is 29.3 Å². The predicted octanol–water partition coefficient (Wildman–Crippen LogP) is 4.03. The van der Waals surface area contributed by atoms with Crippen LogP contribution in [0, 0.1) is 29.1 Å². The maximum atomic E-state index is 14.0. The van der Waals surface area contributed by atoms with Crippen LogP contribution in [0.4, 0.5) is 0 Å². The molecule has 2 aromatic rings. The smallest absolute Gasteiger partial charge is 0.240 e. The van der Waals surface area contributed by atoms with Gasteiger partial charge in [-0.25, -0.2) is 0 Å². The van der Waals surface area contributed by atoms with Crippen LogP contribution in [0.1, 0.15) is 46.1 Å². The lowest BCUT2D eigenvalue weighted by molar-refractivity contribution is -0.183. The van der Waals surface area contributed by atoms with Gasteiger partial charge in [-0.15, -0.1) is 0 Å². The van der Waals surface area contributed by atoms with Crippen molar-refractivity contribution in [3.8, 4) is 22.6 Å². The average Bonchev–Trinajstić information content (AvgIpc) is 3.32. The van der Waals surface area contributed by atoms with E-state index in [1.807, 2.05) is 42.5 Å². The fourth-order valence-electron chi connectivity index (χ4n) is 7.62. The van der Waals surface area contributed by atoms with Gasteiger partial charge >= 0.3 is 0 Å². The van der Waals surface area contributed by atoms with Crippen LogP contribution in [0.25, 0.3) is 11.1 Å². The molecule has 0 aromatic heterocycles. The highest BCUT2D eigenvalue weighted by Crippen LogP contribution is 2.61. The second-order valence-corrected chi connectivity index (χ2v) is 12.5. The molecule has 0 spiro atoms. The van der Waals surface area contributed by atoms with Crippen molar-refractivity contribution in [2.75, 3.05) is 20.8 Å². The zero-order valence-corrected chi connectivity index (χ0v) is 24.5. The van der Waals surface area contributed by atoms with Crippen molar-refractivity contribution in [2.24, 2.45) is 29.1 Å². The summed E-state index contributed by atoms with van der Waals surface area (Å²) in [5, 5.41) is 25.8. The van der Waals surface area contributed by atoms with Crippen LogP contribution in [-0.2, 0) is 16.2 Å². The minimum atomic E-state index is -0.848. The maximum absolute atomic E-state index is 14.0. The number of carbonyl (C=O) groups excluding carboxylic acids is 1. The van der Waals surface area contributed by atoms with Crippen molar-refractivity contribution >= 4 is 5.91 Å². The van der Waals surface area contributed by atoms with Crippen LogP contribution in [0.15, 0.2) is 42.5 Å². The molecule has 40 heavy (non-hydrogen) atoms. The lowest BCUT2D eigenvalue weighted by atomic mass is 9.45. The Labute approximate surface area is 237 Å². The normalized spacial score (nSPS) is 31.8. The van der Waals surface area contributed by atoms with Gasteiger partial charge in [0.05, 0.1) is 33.5 Å². The minimum Gasteiger partial charge on any atom is -0.497 e. The first-order valence-electron chi connectivity index (χ1n) is 14.4. The number of rotatable bonds is 9. The molecule has 8 heteroatoms. The SMILES string of the molecule is COc1cccc(-c2cccc(CN3O[C@@H](CO)[C@H](C(C)O)[C@H]3C(=O)N[C@H]3C[C@H]4C[C@@H]([C@@H]3C)C4(C)C)c2OC)c1. The molecule has 1 aliphatic heterocycles. The van der Waals surface area contributed by atoms with Crippen LogP contribution in [0.2, 0.25) is 0 Å². The molecule has 1 heterocycles. The van der Waals surface area contributed by atoms with Crippen LogP contribution in [0.3, 0.4) is 0 Å². The fourth-order valence-corrected chi connectivity index (χ4v) is 7.62. The number of benzene rings is 2. The van der Waals surface area contributed by atoms with Crippen molar-refractivity contribution in [3.05, 3.63) is 48.0 Å². The molecule has 8 atom stereocenters. The van der Waals surface area contributed by atoms with E-state index in [9.17, 15) is 15.0 Å². The maximum Gasteiger partial charge on any atom is 0.240 e. The van der Waals surface area contributed by atoms with Gasteiger partial charge in [-0.05, 0) is 60.6 Å². The predicted molar refractivity (Wildman–Crippen MR) is 153 cm³/mol. The Morgan fingerprint density at radius 2 is 1.93 bits per heavy atom. The summed E-state index contributed by atoms with van der Waals surface area (Å²) in [5.74, 6) is 2.24. The molecule has 218 valence electrons. The second-order valence-electron chi connectivity index (χ2n) is 12.5. The summed E-state index contributed by atoms with van der Waals surface area (Å²) in [6, 6.07) is 13.0. The van der Waals surface area contributed by atoms with Crippen LogP contribution in [0.5, 0.6) is 11.5 Å². The molecule has 6 rings (SSSR count). The second kappa shape index (κ2) is 11.3. The number of carbonyl (C=O) groups is 1. The Hall–Kier alpha value is -2.65. The quantitative estimate of drug-likeness (QED) is 0.432. The number of amides is 1. The molecule has 1 saturated heterocycles. The third-order valence-corrected chi connectivity index (χ3v) is 10.1. The van der Waals surface area contributed by atoms with E-state index in [0.717, 1.165) is 28.9 Å². The van der Waals surface area contributed by atoms with E-state index in [1.54, 1.807) is 26.2 Å². The van der Waals surface area contributed by atoms with E-state index < -0.39 is 24.2 Å². The standard InChI is InChI=1S/C32H44N2O6/c1-18-25-14-22(32(25,3)4)15-26(18)33-31(37)29-28(19(2)36)27(17-35)40-34(29)16-21-10-8-12-24(30(21)39-6)20-9-7-11-23(13-20)38-5/h7-13,18-19,22,25-29,35-36H,14-17H2,1-6H3,(H,33,37)/t18-,19?,22+,25-,26-,27-,28-,29-/m0/s1. The number of aliphatic hydroxyl groups is 2. The van der Waals surface area contributed by atoms with Crippen molar-refractivity contribution in [1.82, 2.24) is 10.4 Å². The van der Waals surface area contributed by atoms with Gasteiger partial charge in [0.25, 0.3) is 0 Å². The molecule has 4 fully saturated rings. The van der Waals surface area contributed by atoms with E-state index in [2.05, 4.69) is 26.1 Å². The van der Waals surface area contributed by atoms with Gasteiger partial charge in [-0.1, -0.05) is 51.1 Å². The fraction of sp³-hybridized carbons (Fsp3) is 0.594. The van der Waals surface area contributed by atoms with Gasteiger partial charge in [0.15, 0.2) is 0 Å². The molecular weight excluding hydrogens is 508 g/mol. The van der Waals surface area contributed by atoms with Gasteiger partial charge in [0, 0.05) is 23.1 Å². The Morgan fingerprint density at radius 3 is 2.55 bits per heavy atom. The summed E-state index contributed by atoms with van der Waals surface area (Å²) in [6.07, 6.45) is 0.646. The number of hydrogen-bond donors (Lipinski definition) is 3. The van der Waals surface area contributed by atoms with Gasteiger partial charge < -0.3 is 25.0 Å². The van der Waals surface area contributed by atoms with E-state index in [0.29, 0.717) is 28.9 Å². The number of ether oxygens (including phenoxy) is 2. The molecule has 0 radical (unpaired) electrons. The largest absolute Gasteiger partial charge is 0.497 e. The third-order valence-electron chi connectivity index (χ3n) is 10.1. The zero-order valence-electron chi connectivity index (χ0n) is 24.5. The third kappa shape index (κ3) is 5.00. The number of methoxy groups -OCH3 is 2. The molecule has 4 aliphatic rings. The molecule has 3 saturated carbocycles. The number of nitrogens with zero attached hydrogens (tertiary/aromatic N) is 1. The summed E-state index contributed by atoms with van der Waals surface area (Å²) >= 11 is 0. The van der Waals surface area contributed by atoms with Crippen molar-refractivity contribution in [1.29, 1.82) is 0 Å². The monoisotopic (exact) mass is 552 g/mol. The number of para-hydroxylation sites is 1. The first kappa shape index (κ1) is 28.9. The highest BCUT2D eigenvalue weighted by atomic mass is 16.7. The molecule has 2 aromatic carbocycles. The number of aliphatic hydroxyl groups excluding tert-OH is 2. The Morgan fingerprint density at radius 1 is 1.18 bits per heavy atom. The Kier molecular flexibility index (Phi) is 8.17. The average molecular weight is 553 g/mol. The molecular formula is C32H44N2O6. The number of nitrogens with one attached hydrogen (secondary N) is 1. The van der Waals surface area contributed by atoms with Crippen LogP contribution in [-0.4, -0.2) is 66.3 Å². The zero-order chi connectivity index (χ0) is 28.8. The summed E-state index contributed by atoms with van der Waals surface area (Å²) in [4.78, 5) is 20.1. The Balaban J connectivity index is 1.42. The van der Waals surface area contributed by atoms with Gasteiger partial charge in [0.2, 0.25) is 5.91 Å². The molecule has 2 bridgehead atoms. The minimum absolute atomic E-state index is 0.0832. The van der Waals surface area contributed by atoms with Gasteiger partial charge in [-0.3, -0.25) is 9.63 Å². The van der Waals surface area contributed by atoms with E-state index in [4.69, 9.17) is 14.3 Å². The summed E-state index contributed by atoms with van der Waals surface area (Å²) in [7, 11) is 3.26. The van der Waals surface area contributed by atoms with Crippen molar-refractivity contribution in [2.45, 2.75) is 71.4 Å². The number of fused-ring (bicyclic) bond motifs is 2. The summed E-state index contributed by atoms with van der Waals surface area (Å²) in [5.41, 5.74) is 2.98. The lowest BCUT2D eigenvalue weighted by Gasteiger charge is -2.62. The van der Waals surface area contributed by atoms with Crippen LogP contribution < -0.4 is 14.8 Å². The highest BCUT2D eigenvalue weighted by Gasteiger charge is 2.57. The Bertz CT molecular complexity index is 1220.